The van der Waals surface area contributed by atoms with E-state index >= 15 is 0 Å². The van der Waals surface area contributed by atoms with Gasteiger partial charge in [-0.05, 0) is 49.4 Å². The van der Waals surface area contributed by atoms with Gasteiger partial charge in [-0.2, -0.15) is 5.10 Å². The van der Waals surface area contributed by atoms with E-state index in [-0.39, 0.29) is 11.7 Å². The van der Waals surface area contributed by atoms with Crippen LogP contribution in [0.2, 0.25) is 0 Å². The molecule has 1 unspecified atom stereocenters. The van der Waals surface area contributed by atoms with Gasteiger partial charge >= 0.3 is 0 Å². The lowest BCUT2D eigenvalue weighted by molar-refractivity contribution is 0.0964. The van der Waals surface area contributed by atoms with Crippen molar-refractivity contribution < 1.29 is 4.79 Å². The van der Waals surface area contributed by atoms with E-state index in [1.807, 2.05) is 54.1 Å². The van der Waals surface area contributed by atoms with Crippen LogP contribution >= 0.6 is 0 Å². The van der Waals surface area contributed by atoms with Crippen molar-refractivity contribution in [3.05, 3.63) is 82.7 Å². The summed E-state index contributed by atoms with van der Waals surface area (Å²) in [5.74, 6) is 0.188. The highest BCUT2D eigenvalue weighted by molar-refractivity contribution is 6.09. The van der Waals surface area contributed by atoms with Crippen LogP contribution in [0.15, 0.2) is 54.6 Å². The minimum atomic E-state index is 0.0678. The molecule has 0 fully saturated rings. The first kappa shape index (κ1) is 17.6. The fraction of sp³-hybridized carbons (Fsp3) is 0.208. The van der Waals surface area contributed by atoms with Crippen molar-refractivity contribution in [2.24, 2.45) is 0 Å². The Hall–Kier alpha value is -3.47. The summed E-state index contributed by atoms with van der Waals surface area (Å²) >= 11 is 0. The van der Waals surface area contributed by atoms with Crippen molar-refractivity contribution in [3.63, 3.8) is 0 Å². The van der Waals surface area contributed by atoms with E-state index in [1.54, 1.807) is 0 Å². The largest absolute Gasteiger partial charge is 0.397 e. The third-order valence-electron chi connectivity index (χ3n) is 5.88. The monoisotopic (exact) mass is 382 g/mol. The highest BCUT2D eigenvalue weighted by Gasteiger charge is 2.32. The SMILES string of the molecule is Cc1ccccc1C1CC(=O)c2c(nc3c(c(C)nn3-c3ccccc3)c2N)C1. The Balaban J connectivity index is 1.70. The van der Waals surface area contributed by atoms with E-state index in [2.05, 4.69) is 24.2 Å². The molecule has 0 amide bonds. The van der Waals surface area contributed by atoms with Crippen molar-refractivity contribution >= 4 is 22.5 Å². The quantitative estimate of drug-likeness (QED) is 0.553. The zero-order valence-corrected chi connectivity index (χ0v) is 16.5. The first-order chi connectivity index (χ1) is 14.0. The molecule has 0 radical (unpaired) electrons. The van der Waals surface area contributed by atoms with Gasteiger partial charge in [0, 0.05) is 6.42 Å². The van der Waals surface area contributed by atoms with Gasteiger partial charge < -0.3 is 5.73 Å². The third kappa shape index (κ3) is 2.73. The summed E-state index contributed by atoms with van der Waals surface area (Å²) in [5, 5.41) is 5.44. The summed E-state index contributed by atoms with van der Waals surface area (Å²) in [6.45, 7) is 4.00. The highest BCUT2D eigenvalue weighted by atomic mass is 16.1. The van der Waals surface area contributed by atoms with E-state index in [0.717, 1.165) is 22.5 Å². The maximum absolute atomic E-state index is 13.1. The van der Waals surface area contributed by atoms with E-state index < -0.39 is 0 Å². The highest BCUT2D eigenvalue weighted by Crippen LogP contribution is 2.39. The number of anilines is 1. The van der Waals surface area contributed by atoms with Crippen molar-refractivity contribution in [2.45, 2.75) is 32.6 Å². The van der Waals surface area contributed by atoms with Crippen LogP contribution in [-0.2, 0) is 6.42 Å². The number of aromatic nitrogens is 3. The van der Waals surface area contributed by atoms with Gasteiger partial charge in [0.15, 0.2) is 11.4 Å². The Morgan fingerprint density at radius 3 is 2.48 bits per heavy atom. The number of aryl methyl sites for hydroxylation is 2. The number of benzene rings is 2. The number of carbonyl (C=O) groups excluding carboxylic acids is 1. The van der Waals surface area contributed by atoms with Crippen LogP contribution in [0.1, 0.15) is 45.2 Å². The number of nitrogens with two attached hydrogens (primary N) is 1. The second kappa shape index (κ2) is 6.55. The molecule has 1 aliphatic rings. The van der Waals surface area contributed by atoms with Crippen molar-refractivity contribution in [3.8, 4) is 5.69 Å². The summed E-state index contributed by atoms with van der Waals surface area (Å²) in [6, 6.07) is 18.1. The van der Waals surface area contributed by atoms with Crippen LogP contribution in [0.4, 0.5) is 5.69 Å². The molecule has 5 nitrogen and oxygen atoms in total. The molecule has 144 valence electrons. The van der Waals surface area contributed by atoms with E-state index in [1.165, 1.54) is 11.1 Å². The molecule has 4 aromatic rings. The van der Waals surface area contributed by atoms with Crippen LogP contribution in [0.25, 0.3) is 16.7 Å². The van der Waals surface area contributed by atoms with Crippen LogP contribution in [0.5, 0.6) is 0 Å². The number of ketones is 1. The molecule has 0 aliphatic heterocycles. The van der Waals surface area contributed by atoms with Gasteiger partial charge in [-0.25, -0.2) is 9.67 Å². The average Bonchev–Trinajstić information content (AvgIpc) is 3.05. The van der Waals surface area contributed by atoms with Crippen molar-refractivity contribution in [1.29, 1.82) is 0 Å². The minimum absolute atomic E-state index is 0.0678. The van der Waals surface area contributed by atoms with Gasteiger partial charge in [0.25, 0.3) is 0 Å². The Morgan fingerprint density at radius 2 is 1.72 bits per heavy atom. The molecule has 2 aromatic carbocycles. The number of rotatable bonds is 2. The summed E-state index contributed by atoms with van der Waals surface area (Å²) in [7, 11) is 0. The fourth-order valence-electron chi connectivity index (χ4n) is 4.50. The molecule has 0 saturated carbocycles. The number of pyridine rings is 1. The Morgan fingerprint density at radius 1 is 1.00 bits per heavy atom. The normalized spacial score (nSPS) is 16.2. The predicted octanol–water partition coefficient (Wildman–Crippen LogP) is 4.53. The van der Waals surface area contributed by atoms with Gasteiger partial charge in [-0.3, -0.25) is 4.79 Å². The smallest absolute Gasteiger partial charge is 0.167 e. The average molecular weight is 382 g/mol. The molecule has 1 atom stereocenters. The molecule has 5 heteroatoms. The molecule has 0 spiro atoms. The predicted molar refractivity (Wildman–Crippen MR) is 115 cm³/mol. The minimum Gasteiger partial charge on any atom is -0.397 e. The topological polar surface area (TPSA) is 73.8 Å². The first-order valence-corrected chi connectivity index (χ1v) is 9.86. The zero-order valence-electron chi connectivity index (χ0n) is 16.5. The summed E-state index contributed by atoms with van der Waals surface area (Å²) in [4.78, 5) is 18.0. The molecule has 0 saturated heterocycles. The number of carbonyl (C=O) groups is 1. The van der Waals surface area contributed by atoms with Crippen molar-refractivity contribution in [1.82, 2.24) is 14.8 Å². The molecule has 2 heterocycles. The maximum atomic E-state index is 13.1. The van der Waals surface area contributed by atoms with Crippen LogP contribution in [0, 0.1) is 13.8 Å². The molecule has 2 N–H and O–H groups in total. The second-order valence-electron chi connectivity index (χ2n) is 7.76. The number of Topliss-reactive ketones (excluding diaryl/α,β-unsaturated/α-hetero) is 1. The third-order valence-corrected chi connectivity index (χ3v) is 5.88. The zero-order chi connectivity index (χ0) is 20.1. The molecule has 5 rings (SSSR count). The van der Waals surface area contributed by atoms with E-state index in [4.69, 9.17) is 10.7 Å². The van der Waals surface area contributed by atoms with E-state index in [9.17, 15) is 4.79 Å². The van der Waals surface area contributed by atoms with Gasteiger partial charge in [-0.15, -0.1) is 0 Å². The number of hydrogen-bond donors (Lipinski definition) is 1. The molecule has 0 bridgehead atoms. The molecular weight excluding hydrogens is 360 g/mol. The maximum Gasteiger partial charge on any atom is 0.167 e. The fourth-order valence-corrected chi connectivity index (χ4v) is 4.50. The van der Waals surface area contributed by atoms with E-state index in [0.29, 0.717) is 29.7 Å². The number of hydrogen-bond acceptors (Lipinski definition) is 4. The standard InChI is InChI=1S/C24H22N4O/c1-14-8-6-7-11-18(14)16-12-19-22(20(29)13-16)23(25)21-15(2)27-28(24(21)26-19)17-9-4-3-5-10-17/h3-11,16H,12-13H2,1-2H3,(H2,25,26). The lowest BCUT2D eigenvalue weighted by Crippen LogP contribution is -2.22. The van der Waals surface area contributed by atoms with Crippen LogP contribution in [-0.4, -0.2) is 20.5 Å². The summed E-state index contributed by atoms with van der Waals surface area (Å²) < 4.78 is 1.82. The molecule has 29 heavy (non-hydrogen) atoms. The number of nitrogen functional groups attached to an aromatic ring is 1. The second-order valence-corrected chi connectivity index (χ2v) is 7.76. The lowest BCUT2D eigenvalue weighted by Gasteiger charge is -2.25. The van der Waals surface area contributed by atoms with Gasteiger partial charge in [0.2, 0.25) is 0 Å². The number of nitrogens with zero attached hydrogens (tertiary/aromatic N) is 3. The summed E-state index contributed by atoms with van der Waals surface area (Å²) in [6.07, 6.45) is 1.16. The number of para-hydroxylation sites is 1. The summed E-state index contributed by atoms with van der Waals surface area (Å²) in [5.41, 5.74) is 13.2. The Kier molecular flexibility index (Phi) is 3.98. The van der Waals surface area contributed by atoms with Crippen molar-refractivity contribution in [2.75, 3.05) is 5.73 Å². The first-order valence-electron chi connectivity index (χ1n) is 9.86. The molecule has 2 aromatic heterocycles. The van der Waals surface area contributed by atoms with Gasteiger partial charge in [0.05, 0.1) is 33.7 Å². The van der Waals surface area contributed by atoms with Gasteiger partial charge in [-0.1, -0.05) is 42.5 Å². The van der Waals surface area contributed by atoms with Crippen LogP contribution < -0.4 is 5.73 Å². The van der Waals surface area contributed by atoms with Crippen LogP contribution in [0.3, 0.4) is 0 Å². The molecule has 1 aliphatic carbocycles. The lowest BCUT2D eigenvalue weighted by atomic mass is 9.79. The van der Waals surface area contributed by atoms with Gasteiger partial charge in [0.1, 0.15) is 0 Å². The Labute approximate surface area is 169 Å². The molecular formula is C24H22N4O. The Bertz CT molecular complexity index is 1260. The number of fused-ring (bicyclic) bond motifs is 2.